The zero-order valence-corrected chi connectivity index (χ0v) is 15.6. The third-order valence-electron chi connectivity index (χ3n) is 4.29. The summed E-state index contributed by atoms with van der Waals surface area (Å²) in [4.78, 5) is 14.6. The second-order valence-electron chi connectivity index (χ2n) is 6.31. The highest BCUT2D eigenvalue weighted by Gasteiger charge is 2.25. The lowest BCUT2D eigenvalue weighted by molar-refractivity contribution is -0.0124. The van der Waals surface area contributed by atoms with Crippen LogP contribution in [0.25, 0.3) is 0 Å². The van der Waals surface area contributed by atoms with Crippen LogP contribution in [0.15, 0.2) is 45.9 Å². The van der Waals surface area contributed by atoms with E-state index in [1.807, 2.05) is 6.92 Å². The Labute approximate surface area is 153 Å². The van der Waals surface area contributed by atoms with Crippen molar-refractivity contribution in [2.24, 2.45) is 0 Å². The highest BCUT2D eigenvalue weighted by molar-refractivity contribution is 7.89. The van der Waals surface area contributed by atoms with Crippen molar-refractivity contribution in [3.8, 4) is 0 Å². The topological polar surface area (TPSA) is 88.8 Å². The molecule has 0 aliphatic carbocycles. The number of benzene rings is 1. The molecule has 0 bridgehead atoms. The van der Waals surface area contributed by atoms with Crippen molar-refractivity contribution in [1.82, 2.24) is 9.62 Å². The van der Waals surface area contributed by atoms with Crippen molar-refractivity contribution >= 4 is 15.9 Å². The number of morpholine rings is 1. The van der Waals surface area contributed by atoms with Crippen molar-refractivity contribution < 1.29 is 22.4 Å². The summed E-state index contributed by atoms with van der Waals surface area (Å²) in [6.45, 7) is 5.22. The molecular formula is C18H22N2O5S. The molecule has 1 fully saturated rings. The number of carbonyl (C=O) groups is 1. The van der Waals surface area contributed by atoms with Gasteiger partial charge in [-0.25, -0.2) is 13.1 Å². The molecule has 1 amide bonds. The molecule has 8 heteroatoms. The Bertz CT molecular complexity index is 877. The van der Waals surface area contributed by atoms with E-state index in [0.29, 0.717) is 31.0 Å². The minimum atomic E-state index is -3.76. The van der Waals surface area contributed by atoms with E-state index in [1.54, 1.807) is 30.0 Å². The van der Waals surface area contributed by atoms with E-state index in [4.69, 9.17) is 9.15 Å². The lowest BCUT2D eigenvalue weighted by atomic mass is 10.1. The van der Waals surface area contributed by atoms with Gasteiger partial charge in [0.05, 0.1) is 30.4 Å². The van der Waals surface area contributed by atoms with Crippen molar-refractivity contribution in [1.29, 1.82) is 0 Å². The van der Waals surface area contributed by atoms with Gasteiger partial charge in [-0.05, 0) is 43.7 Å². The second-order valence-corrected chi connectivity index (χ2v) is 8.08. The predicted octanol–water partition coefficient (Wildman–Crippen LogP) is 1.93. The molecule has 2 aromatic rings. The highest BCUT2D eigenvalue weighted by atomic mass is 32.2. The maximum atomic E-state index is 12.8. The predicted molar refractivity (Wildman–Crippen MR) is 95.2 cm³/mol. The van der Waals surface area contributed by atoms with Crippen molar-refractivity contribution in [3.63, 3.8) is 0 Å². The van der Waals surface area contributed by atoms with Gasteiger partial charge in [0.1, 0.15) is 5.76 Å². The number of hydrogen-bond acceptors (Lipinski definition) is 5. The summed E-state index contributed by atoms with van der Waals surface area (Å²) in [6.07, 6.45) is 1.45. The largest absolute Gasteiger partial charge is 0.468 e. The molecule has 1 saturated heterocycles. The summed E-state index contributed by atoms with van der Waals surface area (Å²) in [5.74, 6) is 0.333. The lowest BCUT2D eigenvalue weighted by Crippen LogP contribution is -2.44. The Morgan fingerprint density at radius 2 is 2.15 bits per heavy atom. The van der Waals surface area contributed by atoms with Gasteiger partial charge in [-0.2, -0.15) is 0 Å². The van der Waals surface area contributed by atoms with Crippen LogP contribution in [0, 0.1) is 6.92 Å². The van der Waals surface area contributed by atoms with Crippen LogP contribution in [0.4, 0.5) is 0 Å². The first-order valence-electron chi connectivity index (χ1n) is 8.40. The maximum Gasteiger partial charge on any atom is 0.254 e. The summed E-state index contributed by atoms with van der Waals surface area (Å²) in [5.41, 5.74) is 1.12. The number of furan rings is 1. The molecule has 2 heterocycles. The summed E-state index contributed by atoms with van der Waals surface area (Å²) in [5, 5.41) is 0. The molecule has 1 unspecified atom stereocenters. The molecule has 1 aliphatic heterocycles. The zero-order valence-electron chi connectivity index (χ0n) is 14.8. The van der Waals surface area contributed by atoms with E-state index >= 15 is 0 Å². The van der Waals surface area contributed by atoms with Gasteiger partial charge < -0.3 is 14.1 Å². The fourth-order valence-electron chi connectivity index (χ4n) is 2.83. The number of ether oxygens (including phenoxy) is 1. The summed E-state index contributed by atoms with van der Waals surface area (Å²) < 4.78 is 38.2. The van der Waals surface area contributed by atoms with Gasteiger partial charge in [-0.3, -0.25) is 4.79 Å². The van der Waals surface area contributed by atoms with Crippen LogP contribution < -0.4 is 4.72 Å². The molecule has 1 aromatic carbocycles. The first-order chi connectivity index (χ1) is 12.4. The van der Waals surface area contributed by atoms with E-state index in [2.05, 4.69) is 4.72 Å². The SMILES string of the molecule is Cc1ccc(S(=O)(=O)NCc2ccco2)cc1C(=O)N1CCOC(C)C1. The van der Waals surface area contributed by atoms with Gasteiger partial charge in [0.2, 0.25) is 10.0 Å². The molecule has 1 aliphatic rings. The van der Waals surface area contributed by atoms with Crippen LogP contribution in [0.3, 0.4) is 0 Å². The van der Waals surface area contributed by atoms with Gasteiger partial charge in [0.25, 0.3) is 5.91 Å². The number of carbonyl (C=O) groups excluding carboxylic acids is 1. The number of nitrogens with zero attached hydrogens (tertiary/aromatic N) is 1. The van der Waals surface area contributed by atoms with Crippen LogP contribution in [-0.2, 0) is 21.3 Å². The Hall–Kier alpha value is -2.16. The van der Waals surface area contributed by atoms with Crippen molar-refractivity contribution in [2.45, 2.75) is 31.4 Å². The third-order valence-corrected chi connectivity index (χ3v) is 5.69. The molecule has 0 saturated carbocycles. The molecule has 0 spiro atoms. The second kappa shape index (κ2) is 7.61. The van der Waals surface area contributed by atoms with Gasteiger partial charge in [-0.15, -0.1) is 0 Å². The van der Waals surface area contributed by atoms with E-state index in [1.165, 1.54) is 18.4 Å². The molecule has 1 atom stereocenters. The standard InChI is InChI=1S/C18H22N2O5S/c1-13-5-6-16(26(22,23)19-11-15-4-3-8-25-15)10-17(13)18(21)20-7-9-24-14(2)12-20/h3-6,8,10,14,19H,7,9,11-12H2,1-2H3. The molecule has 26 heavy (non-hydrogen) atoms. The van der Waals surface area contributed by atoms with Gasteiger partial charge in [0, 0.05) is 18.7 Å². The first-order valence-corrected chi connectivity index (χ1v) is 9.89. The molecule has 3 rings (SSSR count). The average molecular weight is 378 g/mol. The number of sulfonamides is 1. The van der Waals surface area contributed by atoms with Gasteiger partial charge in [-0.1, -0.05) is 6.07 Å². The third kappa shape index (κ3) is 4.14. The summed E-state index contributed by atoms with van der Waals surface area (Å²) >= 11 is 0. The van der Waals surface area contributed by atoms with Crippen LogP contribution >= 0.6 is 0 Å². The number of aryl methyl sites for hydroxylation is 1. The Morgan fingerprint density at radius 3 is 2.85 bits per heavy atom. The quantitative estimate of drug-likeness (QED) is 0.859. The number of amides is 1. The highest BCUT2D eigenvalue weighted by Crippen LogP contribution is 2.19. The monoisotopic (exact) mass is 378 g/mol. The molecular weight excluding hydrogens is 356 g/mol. The molecule has 1 N–H and O–H groups in total. The Balaban J connectivity index is 1.81. The molecule has 140 valence electrons. The van der Waals surface area contributed by atoms with Gasteiger partial charge >= 0.3 is 0 Å². The van der Waals surface area contributed by atoms with Crippen molar-refractivity contribution in [2.75, 3.05) is 19.7 Å². The smallest absolute Gasteiger partial charge is 0.254 e. The lowest BCUT2D eigenvalue weighted by Gasteiger charge is -2.31. The van der Waals surface area contributed by atoms with E-state index < -0.39 is 10.0 Å². The number of nitrogens with one attached hydrogen (secondary N) is 1. The minimum absolute atomic E-state index is 0.0325. The molecule has 0 radical (unpaired) electrons. The van der Waals surface area contributed by atoms with Crippen LogP contribution in [0.5, 0.6) is 0 Å². The van der Waals surface area contributed by atoms with Crippen LogP contribution in [0.1, 0.15) is 28.6 Å². The zero-order chi connectivity index (χ0) is 18.7. The first kappa shape index (κ1) is 18.6. The van der Waals surface area contributed by atoms with Gasteiger partial charge in [0.15, 0.2) is 0 Å². The fourth-order valence-corrected chi connectivity index (χ4v) is 3.85. The fraction of sp³-hybridized carbons (Fsp3) is 0.389. The van der Waals surface area contributed by atoms with Crippen molar-refractivity contribution in [3.05, 3.63) is 53.5 Å². The van der Waals surface area contributed by atoms with E-state index in [-0.39, 0.29) is 23.5 Å². The summed E-state index contributed by atoms with van der Waals surface area (Å²) in [6, 6.07) is 7.96. The maximum absolute atomic E-state index is 12.8. The average Bonchev–Trinajstić information content (AvgIpc) is 3.13. The molecule has 7 nitrogen and oxygen atoms in total. The normalized spacial score (nSPS) is 18.1. The van der Waals surface area contributed by atoms with E-state index in [9.17, 15) is 13.2 Å². The Morgan fingerprint density at radius 1 is 1.35 bits per heavy atom. The molecule has 1 aromatic heterocycles. The summed E-state index contributed by atoms with van der Waals surface area (Å²) in [7, 11) is -3.76. The number of rotatable bonds is 5. The minimum Gasteiger partial charge on any atom is -0.468 e. The van der Waals surface area contributed by atoms with Crippen LogP contribution in [-0.4, -0.2) is 45.0 Å². The number of hydrogen-bond donors (Lipinski definition) is 1. The van der Waals surface area contributed by atoms with Crippen LogP contribution in [0.2, 0.25) is 0 Å². The Kier molecular flexibility index (Phi) is 5.45. The van der Waals surface area contributed by atoms with E-state index in [0.717, 1.165) is 5.56 Å².